The average Bonchev–Trinajstić information content (AvgIpc) is 2.59. The van der Waals surface area contributed by atoms with Crippen LogP contribution >= 0.6 is 0 Å². The van der Waals surface area contributed by atoms with Gasteiger partial charge in [-0.3, -0.25) is 4.79 Å². The maximum Gasteiger partial charge on any atom is 0.410 e. The van der Waals surface area contributed by atoms with Gasteiger partial charge in [0.05, 0.1) is 5.52 Å². The average molecular weight is 372 g/mol. The molecule has 0 saturated carbocycles. The van der Waals surface area contributed by atoms with Crippen LogP contribution in [-0.4, -0.2) is 39.4 Å². The maximum atomic E-state index is 12.2. The number of benzene rings is 1. The highest BCUT2D eigenvalue weighted by Gasteiger charge is 2.28. The number of pyridine rings is 1. The first-order valence-corrected chi connectivity index (χ1v) is 9.38. The molecule has 1 fully saturated rings. The van der Waals surface area contributed by atoms with Gasteiger partial charge in [-0.1, -0.05) is 0 Å². The number of amides is 1. The second kappa shape index (κ2) is 6.91. The van der Waals surface area contributed by atoms with Crippen LogP contribution in [-0.2, 0) is 11.8 Å². The standard InChI is InChI=1S/C21H28N2O4/c1-13-10-16-17(22(5)19(13)25)11-15(12-18(16)24)14-6-8-23(9-7-14)20(26)27-21(2,3)4/h10-12,14,24H,6-9H2,1-5H3. The van der Waals surface area contributed by atoms with Gasteiger partial charge in [-0.2, -0.15) is 0 Å². The van der Waals surface area contributed by atoms with E-state index in [1.807, 2.05) is 26.8 Å². The lowest BCUT2D eigenvalue weighted by atomic mass is 9.88. The number of ether oxygens (including phenoxy) is 1. The second-order valence-corrected chi connectivity index (χ2v) is 8.41. The Hall–Kier alpha value is -2.50. The summed E-state index contributed by atoms with van der Waals surface area (Å²) in [6.45, 7) is 8.57. The van der Waals surface area contributed by atoms with Crippen molar-refractivity contribution in [2.75, 3.05) is 13.1 Å². The monoisotopic (exact) mass is 372 g/mol. The molecule has 1 aromatic carbocycles. The number of hydrogen-bond acceptors (Lipinski definition) is 4. The maximum absolute atomic E-state index is 12.2. The molecule has 2 heterocycles. The third kappa shape index (κ3) is 3.94. The molecule has 0 radical (unpaired) electrons. The first-order valence-electron chi connectivity index (χ1n) is 9.38. The summed E-state index contributed by atoms with van der Waals surface area (Å²) < 4.78 is 7.03. The van der Waals surface area contributed by atoms with Crippen LogP contribution in [0.25, 0.3) is 10.9 Å². The number of hydrogen-bond donors (Lipinski definition) is 1. The number of carbonyl (C=O) groups excluding carboxylic acids is 1. The van der Waals surface area contributed by atoms with E-state index < -0.39 is 5.60 Å². The number of rotatable bonds is 1. The first kappa shape index (κ1) is 19.3. The van der Waals surface area contributed by atoms with Gasteiger partial charge < -0.3 is 19.3 Å². The van der Waals surface area contributed by atoms with Crippen LogP contribution in [0.2, 0.25) is 0 Å². The van der Waals surface area contributed by atoms with Crippen molar-refractivity contribution in [3.8, 4) is 5.75 Å². The van der Waals surface area contributed by atoms with E-state index in [0.29, 0.717) is 24.0 Å². The molecule has 1 N–H and O–H groups in total. The van der Waals surface area contributed by atoms with Crippen molar-refractivity contribution in [1.82, 2.24) is 9.47 Å². The van der Waals surface area contributed by atoms with Gasteiger partial charge >= 0.3 is 6.09 Å². The van der Waals surface area contributed by atoms with Crippen molar-refractivity contribution >= 4 is 17.0 Å². The highest BCUT2D eigenvalue weighted by atomic mass is 16.6. The van der Waals surface area contributed by atoms with E-state index >= 15 is 0 Å². The number of fused-ring (bicyclic) bond motifs is 1. The summed E-state index contributed by atoms with van der Waals surface area (Å²) in [5.41, 5.74) is 1.79. The zero-order valence-corrected chi connectivity index (χ0v) is 16.7. The molecular formula is C21H28N2O4. The van der Waals surface area contributed by atoms with E-state index in [4.69, 9.17) is 4.74 Å². The van der Waals surface area contributed by atoms with Crippen LogP contribution in [0.5, 0.6) is 5.75 Å². The minimum Gasteiger partial charge on any atom is -0.507 e. The molecule has 1 aliphatic rings. The molecule has 1 aliphatic heterocycles. The molecule has 27 heavy (non-hydrogen) atoms. The van der Waals surface area contributed by atoms with Gasteiger partial charge in [-0.15, -0.1) is 0 Å². The molecule has 2 aromatic rings. The highest BCUT2D eigenvalue weighted by Crippen LogP contribution is 2.34. The van der Waals surface area contributed by atoms with Crippen molar-refractivity contribution in [2.24, 2.45) is 7.05 Å². The van der Waals surface area contributed by atoms with E-state index in [9.17, 15) is 14.7 Å². The number of nitrogens with zero attached hydrogens (tertiary/aromatic N) is 2. The third-order valence-electron chi connectivity index (χ3n) is 5.14. The molecule has 1 saturated heterocycles. The van der Waals surface area contributed by atoms with Crippen molar-refractivity contribution in [3.05, 3.63) is 39.7 Å². The number of carbonyl (C=O) groups is 1. The van der Waals surface area contributed by atoms with E-state index in [0.717, 1.165) is 23.9 Å². The number of phenols is 1. The predicted octanol–water partition coefficient (Wildman–Crippen LogP) is 3.67. The molecule has 0 bridgehead atoms. The van der Waals surface area contributed by atoms with Crippen LogP contribution in [0.1, 0.15) is 50.7 Å². The molecular weight excluding hydrogens is 344 g/mol. The Labute approximate surface area is 159 Å². The summed E-state index contributed by atoms with van der Waals surface area (Å²) in [6.07, 6.45) is 1.31. The van der Waals surface area contributed by atoms with Crippen molar-refractivity contribution in [1.29, 1.82) is 0 Å². The van der Waals surface area contributed by atoms with Crippen molar-refractivity contribution in [2.45, 2.75) is 52.1 Å². The predicted molar refractivity (Wildman–Crippen MR) is 105 cm³/mol. The number of aryl methyl sites for hydroxylation is 2. The first-order chi connectivity index (χ1) is 12.6. The zero-order chi connectivity index (χ0) is 19.9. The fourth-order valence-corrected chi connectivity index (χ4v) is 3.68. The second-order valence-electron chi connectivity index (χ2n) is 8.41. The Morgan fingerprint density at radius 2 is 1.81 bits per heavy atom. The Morgan fingerprint density at radius 1 is 1.19 bits per heavy atom. The molecule has 3 rings (SSSR count). The van der Waals surface area contributed by atoms with E-state index in [2.05, 4.69) is 0 Å². The molecule has 1 aromatic heterocycles. The molecule has 1 amide bonds. The van der Waals surface area contributed by atoms with Crippen molar-refractivity contribution < 1.29 is 14.6 Å². The van der Waals surface area contributed by atoms with Gasteiger partial charge in [0, 0.05) is 31.1 Å². The molecule has 6 heteroatoms. The fourth-order valence-electron chi connectivity index (χ4n) is 3.68. The lowest BCUT2D eigenvalue weighted by Crippen LogP contribution is -2.41. The lowest BCUT2D eigenvalue weighted by molar-refractivity contribution is 0.0205. The van der Waals surface area contributed by atoms with Crippen LogP contribution in [0.3, 0.4) is 0 Å². The summed E-state index contributed by atoms with van der Waals surface area (Å²) in [7, 11) is 1.73. The molecule has 0 atom stereocenters. The van der Waals surface area contributed by atoms with Gasteiger partial charge in [0.1, 0.15) is 11.4 Å². The van der Waals surface area contributed by atoms with Crippen LogP contribution in [0, 0.1) is 6.92 Å². The van der Waals surface area contributed by atoms with E-state index in [-0.39, 0.29) is 23.3 Å². The van der Waals surface area contributed by atoms with Gasteiger partial charge in [-0.25, -0.2) is 4.79 Å². The van der Waals surface area contributed by atoms with Gasteiger partial charge in [0.2, 0.25) is 0 Å². The molecule has 0 aliphatic carbocycles. The normalized spacial score (nSPS) is 16.0. The minimum absolute atomic E-state index is 0.0567. The van der Waals surface area contributed by atoms with Crippen LogP contribution < -0.4 is 5.56 Å². The van der Waals surface area contributed by atoms with Crippen LogP contribution in [0.4, 0.5) is 4.79 Å². The minimum atomic E-state index is -0.499. The topological polar surface area (TPSA) is 71.8 Å². The number of aromatic hydroxyl groups is 1. The number of aromatic nitrogens is 1. The Kier molecular flexibility index (Phi) is 4.93. The van der Waals surface area contributed by atoms with E-state index in [1.54, 1.807) is 35.6 Å². The smallest absolute Gasteiger partial charge is 0.410 e. The lowest BCUT2D eigenvalue weighted by Gasteiger charge is -2.33. The summed E-state index contributed by atoms with van der Waals surface area (Å²) in [5, 5.41) is 11.2. The SMILES string of the molecule is Cc1cc2c(O)cc(C3CCN(C(=O)OC(C)(C)C)CC3)cc2n(C)c1=O. The highest BCUT2D eigenvalue weighted by molar-refractivity contribution is 5.86. The number of likely N-dealkylation sites (tertiary alicyclic amines) is 1. The Balaban J connectivity index is 1.82. The van der Waals surface area contributed by atoms with Gasteiger partial charge in [-0.05, 0) is 70.2 Å². The fraction of sp³-hybridized carbons (Fsp3) is 0.524. The third-order valence-corrected chi connectivity index (χ3v) is 5.14. The zero-order valence-electron chi connectivity index (χ0n) is 16.7. The largest absolute Gasteiger partial charge is 0.507 e. The summed E-state index contributed by atoms with van der Waals surface area (Å²) >= 11 is 0. The summed E-state index contributed by atoms with van der Waals surface area (Å²) in [5.74, 6) is 0.422. The molecule has 146 valence electrons. The summed E-state index contributed by atoms with van der Waals surface area (Å²) in [6, 6.07) is 5.52. The Morgan fingerprint density at radius 3 is 2.41 bits per heavy atom. The molecule has 0 spiro atoms. The van der Waals surface area contributed by atoms with Crippen molar-refractivity contribution in [3.63, 3.8) is 0 Å². The quantitative estimate of drug-likeness (QED) is 0.829. The number of piperidine rings is 1. The van der Waals surface area contributed by atoms with Gasteiger partial charge in [0.25, 0.3) is 5.56 Å². The molecule has 0 unspecified atom stereocenters. The van der Waals surface area contributed by atoms with Gasteiger partial charge in [0.15, 0.2) is 0 Å². The van der Waals surface area contributed by atoms with E-state index in [1.165, 1.54) is 0 Å². The van der Waals surface area contributed by atoms with Crippen LogP contribution in [0.15, 0.2) is 23.0 Å². The summed E-state index contributed by atoms with van der Waals surface area (Å²) in [4.78, 5) is 26.2. The number of phenolic OH excluding ortho intramolecular Hbond substituents is 1. The molecule has 6 nitrogen and oxygen atoms in total. The Bertz CT molecular complexity index is 932.